The van der Waals surface area contributed by atoms with Crippen LogP contribution >= 0.6 is 0 Å². The first kappa shape index (κ1) is 19.7. The average Bonchev–Trinajstić information content (AvgIpc) is 3.04. The van der Waals surface area contributed by atoms with Crippen molar-refractivity contribution in [1.29, 1.82) is 0 Å². The van der Waals surface area contributed by atoms with Crippen LogP contribution in [0.5, 0.6) is 0 Å². The molecular weight excluding hydrogens is 350 g/mol. The number of carbonyl (C=O) groups excluding carboxylic acids is 1. The van der Waals surface area contributed by atoms with Gasteiger partial charge in [0.2, 0.25) is 0 Å². The van der Waals surface area contributed by atoms with E-state index < -0.39 is 0 Å². The molecule has 5 heteroatoms. The Morgan fingerprint density at radius 2 is 1.61 bits per heavy atom. The van der Waals surface area contributed by atoms with E-state index in [9.17, 15) is 4.79 Å². The smallest absolute Gasteiger partial charge is 0.251 e. The maximum Gasteiger partial charge on any atom is 0.251 e. The van der Waals surface area contributed by atoms with Crippen molar-refractivity contribution < 1.29 is 9.53 Å². The number of hydrogen-bond acceptors (Lipinski definition) is 4. The van der Waals surface area contributed by atoms with Gasteiger partial charge in [-0.3, -0.25) is 9.69 Å². The standard InChI is InChI=1S/C23H35N3O2/c27-23(19-9-11-22(12-10-19)25-14-16-28-17-15-25)24-20-6-5-13-26(18-20)21-7-3-1-2-4-8-21/h9-12,20-21H,1-8,13-18H2,(H,24,27)/t20-/m0/s1. The Kier molecular flexibility index (Phi) is 6.86. The first-order valence-electron chi connectivity index (χ1n) is 11.3. The number of nitrogens with zero attached hydrogens (tertiary/aromatic N) is 2. The third-order valence-electron chi connectivity index (χ3n) is 6.63. The molecule has 28 heavy (non-hydrogen) atoms. The van der Waals surface area contributed by atoms with E-state index in [1.54, 1.807) is 0 Å². The molecule has 1 saturated carbocycles. The van der Waals surface area contributed by atoms with Crippen molar-refractivity contribution in [2.75, 3.05) is 44.3 Å². The van der Waals surface area contributed by atoms with Crippen LogP contribution in [-0.4, -0.2) is 62.3 Å². The molecule has 1 N–H and O–H groups in total. The molecule has 4 rings (SSSR count). The summed E-state index contributed by atoms with van der Waals surface area (Å²) in [5.74, 6) is 0.0706. The molecule has 1 aliphatic carbocycles. The first-order chi connectivity index (χ1) is 13.8. The molecule has 3 fully saturated rings. The maximum atomic E-state index is 12.8. The van der Waals surface area contributed by atoms with E-state index in [-0.39, 0.29) is 11.9 Å². The molecule has 154 valence electrons. The number of piperidine rings is 1. The summed E-state index contributed by atoms with van der Waals surface area (Å²) < 4.78 is 5.42. The van der Waals surface area contributed by atoms with Crippen molar-refractivity contribution >= 4 is 11.6 Å². The lowest BCUT2D eigenvalue weighted by molar-refractivity contribution is 0.0860. The average molecular weight is 386 g/mol. The Labute approximate surface area is 169 Å². The van der Waals surface area contributed by atoms with Gasteiger partial charge in [0.15, 0.2) is 0 Å². The van der Waals surface area contributed by atoms with Gasteiger partial charge in [0, 0.05) is 43.0 Å². The Hall–Kier alpha value is -1.59. The van der Waals surface area contributed by atoms with Crippen LogP contribution in [0.25, 0.3) is 0 Å². The van der Waals surface area contributed by atoms with Crippen molar-refractivity contribution in [3.63, 3.8) is 0 Å². The van der Waals surface area contributed by atoms with Gasteiger partial charge in [0.25, 0.3) is 5.91 Å². The monoisotopic (exact) mass is 385 g/mol. The van der Waals surface area contributed by atoms with E-state index in [0.717, 1.165) is 50.9 Å². The van der Waals surface area contributed by atoms with Crippen LogP contribution in [0, 0.1) is 0 Å². The van der Waals surface area contributed by atoms with Crippen LogP contribution in [-0.2, 0) is 4.74 Å². The molecule has 2 heterocycles. The second-order valence-electron chi connectivity index (χ2n) is 8.60. The summed E-state index contributed by atoms with van der Waals surface area (Å²) in [5.41, 5.74) is 1.95. The molecule has 2 saturated heterocycles. The van der Waals surface area contributed by atoms with Gasteiger partial charge in [-0.15, -0.1) is 0 Å². The number of hydrogen-bond donors (Lipinski definition) is 1. The number of anilines is 1. The molecular formula is C23H35N3O2. The van der Waals surface area contributed by atoms with Crippen LogP contribution in [0.15, 0.2) is 24.3 Å². The highest BCUT2D eigenvalue weighted by Gasteiger charge is 2.27. The topological polar surface area (TPSA) is 44.8 Å². The summed E-state index contributed by atoms with van der Waals surface area (Å²) >= 11 is 0. The quantitative estimate of drug-likeness (QED) is 0.807. The Balaban J connectivity index is 1.31. The number of benzene rings is 1. The maximum absolute atomic E-state index is 12.8. The summed E-state index contributed by atoms with van der Waals surface area (Å²) in [6, 6.07) is 9.08. The van der Waals surface area contributed by atoms with Crippen LogP contribution in [0.1, 0.15) is 61.7 Å². The molecule has 0 radical (unpaired) electrons. The van der Waals surface area contributed by atoms with Gasteiger partial charge >= 0.3 is 0 Å². The largest absolute Gasteiger partial charge is 0.378 e. The minimum absolute atomic E-state index is 0.0706. The number of likely N-dealkylation sites (tertiary alicyclic amines) is 1. The fraction of sp³-hybridized carbons (Fsp3) is 0.696. The summed E-state index contributed by atoms with van der Waals surface area (Å²) in [4.78, 5) is 17.7. The second kappa shape index (κ2) is 9.75. The number of morpholine rings is 1. The molecule has 2 aliphatic heterocycles. The molecule has 1 aromatic carbocycles. The van der Waals surface area contributed by atoms with E-state index in [4.69, 9.17) is 4.74 Å². The van der Waals surface area contributed by atoms with Gasteiger partial charge in [0.1, 0.15) is 0 Å². The highest BCUT2D eigenvalue weighted by molar-refractivity contribution is 5.94. The fourth-order valence-corrected chi connectivity index (χ4v) is 4.99. The fourth-order valence-electron chi connectivity index (χ4n) is 4.99. The number of carbonyl (C=O) groups is 1. The van der Waals surface area contributed by atoms with Crippen LogP contribution in [0.2, 0.25) is 0 Å². The molecule has 0 spiro atoms. The summed E-state index contributed by atoms with van der Waals surface area (Å²) in [7, 11) is 0. The molecule has 1 aromatic rings. The van der Waals surface area contributed by atoms with Gasteiger partial charge in [-0.2, -0.15) is 0 Å². The lowest BCUT2D eigenvalue weighted by Gasteiger charge is -2.38. The summed E-state index contributed by atoms with van der Waals surface area (Å²) in [5, 5.41) is 3.30. The highest BCUT2D eigenvalue weighted by Crippen LogP contribution is 2.25. The van der Waals surface area contributed by atoms with Gasteiger partial charge in [-0.05, 0) is 56.5 Å². The van der Waals surface area contributed by atoms with Crippen molar-refractivity contribution in [2.24, 2.45) is 0 Å². The lowest BCUT2D eigenvalue weighted by atomic mass is 9.99. The van der Waals surface area contributed by atoms with Gasteiger partial charge in [-0.25, -0.2) is 0 Å². The van der Waals surface area contributed by atoms with Gasteiger partial charge < -0.3 is 15.0 Å². The van der Waals surface area contributed by atoms with Gasteiger partial charge in [-0.1, -0.05) is 25.7 Å². The number of nitrogens with one attached hydrogen (secondary N) is 1. The Morgan fingerprint density at radius 3 is 2.32 bits per heavy atom. The second-order valence-corrected chi connectivity index (χ2v) is 8.60. The van der Waals surface area contributed by atoms with E-state index in [0.29, 0.717) is 0 Å². The normalized spacial score (nSPS) is 25.3. The molecule has 3 aliphatic rings. The first-order valence-corrected chi connectivity index (χ1v) is 11.3. The number of ether oxygens (including phenoxy) is 1. The van der Waals surface area contributed by atoms with Crippen molar-refractivity contribution in [1.82, 2.24) is 10.2 Å². The number of amides is 1. The predicted molar refractivity (Wildman–Crippen MR) is 113 cm³/mol. The van der Waals surface area contributed by atoms with Crippen LogP contribution in [0.3, 0.4) is 0 Å². The molecule has 1 amide bonds. The zero-order valence-corrected chi connectivity index (χ0v) is 17.1. The van der Waals surface area contributed by atoms with Gasteiger partial charge in [0.05, 0.1) is 13.2 Å². The predicted octanol–water partition coefficient (Wildman–Crippen LogP) is 3.44. The summed E-state index contributed by atoms with van der Waals surface area (Å²) in [6.07, 6.45) is 10.5. The molecule has 0 unspecified atom stereocenters. The Morgan fingerprint density at radius 1 is 0.893 bits per heavy atom. The van der Waals surface area contributed by atoms with E-state index in [1.807, 2.05) is 12.1 Å². The van der Waals surface area contributed by atoms with E-state index in [2.05, 4.69) is 27.2 Å². The third-order valence-corrected chi connectivity index (χ3v) is 6.63. The molecule has 1 atom stereocenters. The summed E-state index contributed by atoms with van der Waals surface area (Å²) in [6.45, 7) is 5.62. The van der Waals surface area contributed by atoms with Crippen LogP contribution in [0.4, 0.5) is 5.69 Å². The molecule has 0 aromatic heterocycles. The highest BCUT2D eigenvalue weighted by atomic mass is 16.5. The van der Waals surface area contributed by atoms with Crippen molar-refractivity contribution in [3.05, 3.63) is 29.8 Å². The molecule has 0 bridgehead atoms. The van der Waals surface area contributed by atoms with Crippen molar-refractivity contribution in [3.8, 4) is 0 Å². The van der Waals surface area contributed by atoms with E-state index in [1.165, 1.54) is 57.2 Å². The number of rotatable bonds is 4. The SMILES string of the molecule is O=C(N[C@H]1CCCN(C2CCCCCC2)C1)c1ccc(N2CCOCC2)cc1. The minimum atomic E-state index is 0.0706. The molecule has 5 nitrogen and oxygen atoms in total. The minimum Gasteiger partial charge on any atom is -0.378 e. The third kappa shape index (κ3) is 5.06. The Bertz CT molecular complexity index is 619. The lowest BCUT2D eigenvalue weighted by Crippen LogP contribution is -2.50. The van der Waals surface area contributed by atoms with E-state index >= 15 is 0 Å². The van der Waals surface area contributed by atoms with Crippen LogP contribution < -0.4 is 10.2 Å². The van der Waals surface area contributed by atoms with Crippen molar-refractivity contribution in [2.45, 2.75) is 63.5 Å². The zero-order chi connectivity index (χ0) is 19.2. The zero-order valence-electron chi connectivity index (χ0n) is 17.1.